The molecule has 1 aromatic heterocycles. The first kappa shape index (κ1) is 29.5. The molecule has 0 bridgehead atoms. The molecule has 0 aliphatic carbocycles. The van der Waals surface area contributed by atoms with Gasteiger partial charge in [0, 0.05) is 49.6 Å². The molecule has 0 spiro atoms. The zero-order valence-corrected chi connectivity index (χ0v) is 25.2. The maximum Gasteiger partial charge on any atom is 0.271 e. The van der Waals surface area contributed by atoms with Crippen LogP contribution in [0, 0.1) is 5.92 Å². The van der Waals surface area contributed by atoms with E-state index >= 15 is 0 Å². The largest absolute Gasteiger partial charge is 0.394 e. The summed E-state index contributed by atoms with van der Waals surface area (Å²) in [4.78, 5) is 31.5. The summed E-state index contributed by atoms with van der Waals surface area (Å²) in [5.41, 5.74) is 5.35. The monoisotopic (exact) mass is 567 g/mol. The van der Waals surface area contributed by atoms with Crippen LogP contribution in [0.3, 0.4) is 0 Å². The van der Waals surface area contributed by atoms with E-state index in [0.29, 0.717) is 25.4 Å². The lowest BCUT2D eigenvalue weighted by molar-refractivity contribution is -0.134. The molecule has 42 heavy (non-hydrogen) atoms. The molecule has 0 fully saturated rings. The van der Waals surface area contributed by atoms with Crippen LogP contribution in [0.25, 0.3) is 22.0 Å². The number of aryl methyl sites for hydroxylation is 1. The number of aliphatic hydroxyl groups is 1. The maximum atomic E-state index is 14.5. The Morgan fingerprint density at radius 1 is 1.02 bits per heavy atom. The molecule has 1 aliphatic heterocycles. The summed E-state index contributed by atoms with van der Waals surface area (Å²) in [5.74, 6) is -0.518. The van der Waals surface area contributed by atoms with Crippen LogP contribution in [0.5, 0.6) is 0 Å². The van der Waals surface area contributed by atoms with Crippen LogP contribution in [0.4, 0.5) is 0 Å². The first-order valence-electron chi connectivity index (χ1n) is 14.7. The minimum absolute atomic E-state index is 0.0160. The molecule has 4 aromatic rings. The van der Waals surface area contributed by atoms with Crippen molar-refractivity contribution in [2.45, 2.75) is 45.4 Å². The van der Waals surface area contributed by atoms with Gasteiger partial charge in [-0.1, -0.05) is 79.7 Å². The molecule has 7 heteroatoms. The second-order valence-corrected chi connectivity index (χ2v) is 11.6. The van der Waals surface area contributed by atoms with Gasteiger partial charge in [-0.3, -0.25) is 9.59 Å². The van der Waals surface area contributed by atoms with E-state index in [1.54, 1.807) is 9.80 Å². The average molecular weight is 568 g/mol. The summed E-state index contributed by atoms with van der Waals surface area (Å²) in [7, 11) is 3.75. The number of carbonyl (C=O) groups is 2. The predicted octanol–water partition coefficient (Wildman–Crippen LogP) is 5.47. The molecular formula is C35H41N3O4. The van der Waals surface area contributed by atoms with Crippen molar-refractivity contribution < 1.29 is 19.4 Å². The fourth-order valence-corrected chi connectivity index (χ4v) is 6.10. The van der Waals surface area contributed by atoms with E-state index in [9.17, 15) is 14.7 Å². The van der Waals surface area contributed by atoms with Gasteiger partial charge in [-0.2, -0.15) is 0 Å². The van der Waals surface area contributed by atoms with E-state index in [2.05, 4.69) is 13.0 Å². The SMILES string of the molecule is C[C@@H]1CN([C@H](C)CO)C(=O)c2c(c3ccccc3n2C)-c2ccccc2CO[C@@H]1CN(C)C(=O)[C@H](C)c1ccccc1. The summed E-state index contributed by atoms with van der Waals surface area (Å²) in [6.07, 6.45) is -0.339. The first-order chi connectivity index (χ1) is 20.2. The number of amides is 2. The van der Waals surface area contributed by atoms with Gasteiger partial charge >= 0.3 is 0 Å². The van der Waals surface area contributed by atoms with Crippen LogP contribution < -0.4 is 0 Å². The van der Waals surface area contributed by atoms with Crippen LogP contribution in [0.1, 0.15) is 48.3 Å². The third-order valence-corrected chi connectivity index (χ3v) is 8.73. The number of para-hydroxylation sites is 1. The topological polar surface area (TPSA) is 75.0 Å². The lowest BCUT2D eigenvalue weighted by Crippen LogP contribution is -2.48. The Labute approximate surface area is 248 Å². The Hall–Kier alpha value is -3.94. The van der Waals surface area contributed by atoms with Gasteiger partial charge in [0.15, 0.2) is 0 Å². The van der Waals surface area contributed by atoms with Crippen LogP contribution in [-0.2, 0) is 23.2 Å². The van der Waals surface area contributed by atoms with Gasteiger partial charge in [0.1, 0.15) is 5.69 Å². The molecule has 1 N–H and O–H groups in total. The van der Waals surface area contributed by atoms with Crippen molar-refractivity contribution in [2.75, 3.05) is 26.7 Å². The number of aromatic nitrogens is 1. The molecule has 0 saturated carbocycles. The molecule has 220 valence electrons. The zero-order valence-electron chi connectivity index (χ0n) is 25.2. The van der Waals surface area contributed by atoms with Gasteiger partial charge in [0.05, 0.1) is 31.3 Å². The minimum Gasteiger partial charge on any atom is -0.394 e. The van der Waals surface area contributed by atoms with Crippen molar-refractivity contribution in [3.8, 4) is 11.1 Å². The third kappa shape index (κ3) is 5.59. The van der Waals surface area contributed by atoms with Crippen LogP contribution in [0.15, 0.2) is 78.9 Å². The number of benzene rings is 3. The van der Waals surface area contributed by atoms with Crippen LogP contribution in [-0.4, -0.2) is 70.2 Å². The molecule has 3 aromatic carbocycles. The highest BCUT2D eigenvalue weighted by Crippen LogP contribution is 2.38. The Bertz CT molecular complexity index is 1560. The molecule has 0 saturated heterocycles. The van der Waals surface area contributed by atoms with Crippen molar-refractivity contribution in [3.05, 3.63) is 95.7 Å². The molecule has 2 heterocycles. The van der Waals surface area contributed by atoms with E-state index in [0.717, 1.165) is 33.2 Å². The number of aliphatic hydroxyl groups excluding tert-OH is 1. The van der Waals surface area contributed by atoms with E-state index < -0.39 is 6.04 Å². The second kappa shape index (κ2) is 12.5. The van der Waals surface area contributed by atoms with E-state index in [1.807, 2.05) is 105 Å². The summed E-state index contributed by atoms with van der Waals surface area (Å²) < 4.78 is 8.62. The van der Waals surface area contributed by atoms with Gasteiger partial charge < -0.3 is 24.2 Å². The smallest absolute Gasteiger partial charge is 0.271 e. The quantitative estimate of drug-likeness (QED) is 0.336. The molecule has 4 atom stereocenters. The number of carbonyl (C=O) groups excluding carboxylic acids is 2. The Morgan fingerprint density at radius 3 is 2.43 bits per heavy atom. The fourth-order valence-electron chi connectivity index (χ4n) is 6.10. The lowest BCUT2D eigenvalue weighted by atomic mass is 9.96. The molecule has 1 aliphatic rings. The highest BCUT2D eigenvalue weighted by atomic mass is 16.5. The number of ether oxygens (including phenoxy) is 1. The van der Waals surface area contributed by atoms with Gasteiger partial charge in [-0.25, -0.2) is 0 Å². The minimum atomic E-state index is -0.403. The third-order valence-electron chi connectivity index (χ3n) is 8.73. The zero-order chi connectivity index (χ0) is 30.0. The Balaban J connectivity index is 1.55. The molecule has 2 amide bonds. The average Bonchev–Trinajstić information content (AvgIpc) is 3.31. The number of rotatable bonds is 6. The second-order valence-electron chi connectivity index (χ2n) is 11.6. The number of hydrogen-bond donors (Lipinski definition) is 1. The number of hydrogen-bond acceptors (Lipinski definition) is 4. The van der Waals surface area contributed by atoms with E-state index in [4.69, 9.17) is 4.74 Å². The normalized spacial score (nSPS) is 19.0. The number of fused-ring (bicyclic) bond motifs is 5. The fraction of sp³-hybridized carbons (Fsp3) is 0.371. The van der Waals surface area contributed by atoms with E-state index in [-0.39, 0.29) is 36.4 Å². The molecule has 7 nitrogen and oxygen atoms in total. The lowest BCUT2D eigenvalue weighted by Gasteiger charge is -2.35. The Kier molecular flexibility index (Phi) is 8.80. The molecular weight excluding hydrogens is 526 g/mol. The first-order valence-corrected chi connectivity index (χ1v) is 14.7. The molecule has 5 rings (SSSR count). The predicted molar refractivity (Wildman–Crippen MR) is 166 cm³/mol. The van der Waals surface area contributed by atoms with Crippen LogP contribution in [0.2, 0.25) is 0 Å². The van der Waals surface area contributed by atoms with Crippen LogP contribution >= 0.6 is 0 Å². The van der Waals surface area contributed by atoms with E-state index in [1.165, 1.54) is 0 Å². The van der Waals surface area contributed by atoms with Crippen molar-refractivity contribution >= 4 is 22.7 Å². The van der Waals surface area contributed by atoms with Crippen molar-refractivity contribution in [2.24, 2.45) is 13.0 Å². The van der Waals surface area contributed by atoms with Crippen molar-refractivity contribution in [1.82, 2.24) is 14.4 Å². The maximum absolute atomic E-state index is 14.5. The summed E-state index contributed by atoms with van der Waals surface area (Å²) in [6.45, 7) is 6.79. The van der Waals surface area contributed by atoms with Crippen molar-refractivity contribution in [3.63, 3.8) is 0 Å². The standard InChI is InChI=1S/C35H41N3O4/c1-23-19-38(24(2)21-39)35(41)33-32(29-17-11-12-18-30(29)37(33)5)28-16-10-9-15-27(28)22-42-31(23)20-36(4)34(40)25(3)26-13-7-6-8-14-26/h6-18,23-25,31,39H,19-22H2,1-5H3/t23-,24-,25-,31-/m1/s1. The Morgan fingerprint density at radius 2 is 1.69 bits per heavy atom. The van der Waals surface area contributed by atoms with Gasteiger partial charge in [0.2, 0.25) is 5.91 Å². The summed E-state index contributed by atoms with van der Waals surface area (Å²) in [5, 5.41) is 11.2. The molecule has 0 radical (unpaired) electrons. The van der Waals surface area contributed by atoms with Gasteiger partial charge in [-0.15, -0.1) is 0 Å². The summed E-state index contributed by atoms with van der Waals surface area (Å²) in [6, 6.07) is 25.5. The highest BCUT2D eigenvalue weighted by Gasteiger charge is 2.34. The van der Waals surface area contributed by atoms with Gasteiger partial charge in [0.25, 0.3) is 5.91 Å². The van der Waals surface area contributed by atoms with Crippen molar-refractivity contribution in [1.29, 1.82) is 0 Å². The number of nitrogens with zero attached hydrogens (tertiary/aromatic N) is 3. The highest BCUT2D eigenvalue weighted by molar-refractivity contribution is 6.10. The summed E-state index contributed by atoms with van der Waals surface area (Å²) >= 11 is 0. The van der Waals surface area contributed by atoms with Gasteiger partial charge in [-0.05, 0) is 36.6 Å². The molecule has 0 unspecified atom stereocenters. The number of likely N-dealkylation sites (N-methyl/N-ethyl adjacent to an activating group) is 1.